The SMILES string of the molecule is CN[C@H]1CN(c2nccn3c(-c4cc5nnn(C)c5cc4F)c(-c4ccc(C#N)c(F)c4)nc23)CC[C@@H]1F. The molecule has 1 aliphatic rings. The fraction of sp³-hybridized carbons (Fsp3) is 0.269. The van der Waals surface area contributed by atoms with E-state index < -0.39 is 17.8 Å². The van der Waals surface area contributed by atoms with Gasteiger partial charge in [-0.2, -0.15) is 5.26 Å². The molecule has 0 bridgehead atoms. The molecule has 2 atom stereocenters. The first-order valence-electron chi connectivity index (χ1n) is 12.0. The number of aromatic nitrogens is 6. The molecule has 12 heteroatoms. The molecule has 1 aliphatic heterocycles. The summed E-state index contributed by atoms with van der Waals surface area (Å²) in [4.78, 5) is 11.3. The third-order valence-corrected chi connectivity index (χ3v) is 7.04. The van der Waals surface area contributed by atoms with Crippen LogP contribution < -0.4 is 10.2 Å². The molecule has 6 rings (SSSR count). The van der Waals surface area contributed by atoms with Gasteiger partial charge in [-0.3, -0.25) is 4.40 Å². The fourth-order valence-electron chi connectivity index (χ4n) is 5.02. The highest BCUT2D eigenvalue weighted by Gasteiger charge is 2.31. The van der Waals surface area contributed by atoms with Crippen LogP contribution in [0.5, 0.6) is 0 Å². The van der Waals surface area contributed by atoms with E-state index in [9.17, 15) is 14.0 Å². The summed E-state index contributed by atoms with van der Waals surface area (Å²) in [7, 11) is 3.38. The Morgan fingerprint density at radius 1 is 1.16 bits per heavy atom. The monoisotopic (exact) mass is 517 g/mol. The number of likely N-dealkylation sites (N-methyl/N-ethyl adjacent to an activating group) is 1. The van der Waals surface area contributed by atoms with Crippen LogP contribution in [0, 0.1) is 23.0 Å². The second-order valence-electron chi connectivity index (χ2n) is 9.24. The number of rotatable bonds is 4. The maximum atomic E-state index is 15.7. The summed E-state index contributed by atoms with van der Waals surface area (Å²) in [6.07, 6.45) is 2.55. The summed E-state index contributed by atoms with van der Waals surface area (Å²) >= 11 is 0. The Kier molecular flexibility index (Phi) is 5.72. The highest BCUT2D eigenvalue weighted by Crippen LogP contribution is 2.38. The van der Waals surface area contributed by atoms with E-state index in [1.165, 1.54) is 22.9 Å². The smallest absolute Gasteiger partial charge is 0.181 e. The summed E-state index contributed by atoms with van der Waals surface area (Å²) in [5.74, 6) is -0.743. The number of anilines is 1. The van der Waals surface area contributed by atoms with Crippen LogP contribution in [0.1, 0.15) is 12.0 Å². The zero-order chi connectivity index (χ0) is 26.6. The number of piperidine rings is 1. The van der Waals surface area contributed by atoms with Crippen LogP contribution >= 0.6 is 0 Å². The molecule has 2 aromatic carbocycles. The molecule has 9 nitrogen and oxygen atoms in total. The molecule has 0 amide bonds. The minimum atomic E-state index is -0.990. The zero-order valence-corrected chi connectivity index (χ0v) is 20.5. The lowest BCUT2D eigenvalue weighted by molar-refractivity contribution is 0.222. The third-order valence-electron chi connectivity index (χ3n) is 7.04. The molecule has 4 heterocycles. The van der Waals surface area contributed by atoms with E-state index in [-0.39, 0.29) is 17.2 Å². The van der Waals surface area contributed by atoms with Crippen molar-refractivity contribution in [2.24, 2.45) is 7.05 Å². The van der Waals surface area contributed by atoms with Gasteiger partial charge in [-0.25, -0.2) is 27.8 Å². The molecule has 3 aromatic heterocycles. The van der Waals surface area contributed by atoms with E-state index in [1.807, 2.05) is 11.0 Å². The minimum absolute atomic E-state index is 0.110. The van der Waals surface area contributed by atoms with E-state index in [0.29, 0.717) is 59.0 Å². The molecule has 0 saturated carbocycles. The van der Waals surface area contributed by atoms with Crippen molar-refractivity contribution in [3.8, 4) is 28.6 Å². The van der Waals surface area contributed by atoms with Gasteiger partial charge >= 0.3 is 0 Å². The lowest BCUT2D eigenvalue weighted by atomic mass is 10.0. The quantitative estimate of drug-likeness (QED) is 0.389. The van der Waals surface area contributed by atoms with Crippen molar-refractivity contribution in [2.75, 3.05) is 25.0 Å². The van der Waals surface area contributed by atoms with E-state index >= 15 is 4.39 Å². The Labute approximate surface area is 215 Å². The molecule has 1 fully saturated rings. The lowest BCUT2D eigenvalue weighted by Gasteiger charge is -2.35. The van der Waals surface area contributed by atoms with Gasteiger partial charge in [0.1, 0.15) is 29.4 Å². The van der Waals surface area contributed by atoms with Crippen molar-refractivity contribution in [1.82, 2.24) is 34.7 Å². The van der Waals surface area contributed by atoms with Crippen molar-refractivity contribution >= 4 is 22.5 Å². The Morgan fingerprint density at radius 2 is 2.00 bits per heavy atom. The largest absolute Gasteiger partial charge is 0.352 e. The molecule has 0 unspecified atom stereocenters. The highest BCUT2D eigenvalue weighted by atomic mass is 19.1. The molecular formula is C26H22F3N9. The second-order valence-corrected chi connectivity index (χ2v) is 9.24. The molecule has 5 aromatic rings. The molecule has 1 saturated heterocycles. The van der Waals surface area contributed by atoms with Crippen molar-refractivity contribution in [2.45, 2.75) is 18.6 Å². The van der Waals surface area contributed by atoms with Crippen LogP contribution in [-0.2, 0) is 7.05 Å². The number of aryl methyl sites for hydroxylation is 1. The molecule has 0 spiro atoms. The lowest BCUT2D eigenvalue weighted by Crippen LogP contribution is -2.51. The number of imidazole rings is 1. The van der Waals surface area contributed by atoms with Crippen LogP contribution in [0.25, 0.3) is 39.2 Å². The number of nitriles is 1. The molecular weight excluding hydrogens is 495 g/mol. The first kappa shape index (κ1) is 23.9. The summed E-state index contributed by atoms with van der Waals surface area (Å²) in [6.45, 7) is 0.794. The number of hydrogen-bond donors (Lipinski definition) is 1. The standard InChI is InChI=1S/C26H22F3N9/c1-31-21-13-37(7-5-17(21)27)25-26-33-23(14-3-4-15(12-30)18(28)9-14)24(38(26)8-6-32-25)16-10-20-22(11-19(16)29)36(2)35-34-20/h3-4,6,8-11,17,21,31H,5,7,13H2,1-2H3/t17-,21-/m0/s1. The van der Waals surface area contributed by atoms with Gasteiger partial charge < -0.3 is 10.2 Å². The number of nitrogens with zero attached hydrogens (tertiary/aromatic N) is 8. The average molecular weight is 518 g/mol. The van der Waals surface area contributed by atoms with Crippen molar-refractivity contribution in [1.29, 1.82) is 5.26 Å². The first-order chi connectivity index (χ1) is 18.4. The molecule has 38 heavy (non-hydrogen) atoms. The van der Waals surface area contributed by atoms with E-state index in [0.717, 1.165) is 0 Å². The maximum Gasteiger partial charge on any atom is 0.181 e. The van der Waals surface area contributed by atoms with Gasteiger partial charge in [0.25, 0.3) is 0 Å². The van der Waals surface area contributed by atoms with Gasteiger partial charge in [-0.1, -0.05) is 11.3 Å². The van der Waals surface area contributed by atoms with E-state index in [2.05, 4.69) is 20.6 Å². The number of nitrogens with one attached hydrogen (secondary N) is 1. The van der Waals surface area contributed by atoms with Crippen molar-refractivity contribution in [3.05, 3.63) is 59.9 Å². The van der Waals surface area contributed by atoms with Crippen LogP contribution in [0.4, 0.5) is 19.0 Å². The Hall–Kier alpha value is -4.50. The van der Waals surface area contributed by atoms with E-state index in [1.54, 1.807) is 43.0 Å². The highest BCUT2D eigenvalue weighted by molar-refractivity contribution is 5.89. The Morgan fingerprint density at radius 3 is 2.76 bits per heavy atom. The van der Waals surface area contributed by atoms with Gasteiger partial charge in [0.05, 0.1) is 28.5 Å². The number of fused-ring (bicyclic) bond motifs is 2. The second kappa shape index (κ2) is 9.11. The number of alkyl halides is 1. The van der Waals surface area contributed by atoms with Gasteiger partial charge in [-0.15, -0.1) is 5.10 Å². The van der Waals surface area contributed by atoms with Crippen LogP contribution in [-0.4, -0.2) is 61.7 Å². The molecule has 0 radical (unpaired) electrons. The van der Waals surface area contributed by atoms with Gasteiger partial charge in [-0.05, 0) is 31.7 Å². The summed E-state index contributed by atoms with van der Waals surface area (Å²) in [5, 5.41) is 20.3. The number of halogens is 3. The first-order valence-corrected chi connectivity index (χ1v) is 12.0. The molecule has 192 valence electrons. The molecule has 1 N–H and O–H groups in total. The van der Waals surface area contributed by atoms with E-state index in [4.69, 9.17) is 4.98 Å². The van der Waals surface area contributed by atoms with Gasteiger partial charge in [0, 0.05) is 49.7 Å². The Bertz CT molecular complexity index is 1740. The maximum absolute atomic E-state index is 15.7. The minimum Gasteiger partial charge on any atom is -0.352 e. The summed E-state index contributed by atoms with van der Waals surface area (Å²) in [6, 6.07) is 8.50. The van der Waals surface area contributed by atoms with Gasteiger partial charge in [0.15, 0.2) is 11.5 Å². The van der Waals surface area contributed by atoms with Crippen LogP contribution in [0.3, 0.4) is 0 Å². The molecule has 0 aliphatic carbocycles. The predicted molar refractivity (Wildman–Crippen MR) is 135 cm³/mol. The topological polar surface area (TPSA) is 100.0 Å². The summed E-state index contributed by atoms with van der Waals surface area (Å²) < 4.78 is 47.9. The summed E-state index contributed by atoms with van der Waals surface area (Å²) in [5.41, 5.74) is 2.51. The predicted octanol–water partition coefficient (Wildman–Crippen LogP) is 3.63. The van der Waals surface area contributed by atoms with Crippen LogP contribution in [0.15, 0.2) is 42.7 Å². The van der Waals surface area contributed by atoms with Gasteiger partial charge in [0.2, 0.25) is 0 Å². The normalized spacial score (nSPS) is 17.8. The zero-order valence-electron chi connectivity index (χ0n) is 20.5. The van der Waals surface area contributed by atoms with Crippen LogP contribution in [0.2, 0.25) is 0 Å². The average Bonchev–Trinajstić information content (AvgIpc) is 3.48. The van der Waals surface area contributed by atoms with Crippen molar-refractivity contribution in [3.63, 3.8) is 0 Å². The fourth-order valence-corrected chi connectivity index (χ4v) is 5.02. The number of hydrogen-bond acceptors (Lipinski definition) is 7. The third kappa shape index (κ3) is 3.74. The number of benzene rings is 2. The van der Waals surface area contributed by atoms with Crippen molar-refractivity contribution < 1.29 is 13.2 Å². The Balaban J connectivity index is 1.61.